The first kappa shape index (κ1) is 25.1. The lowest BCUT2D eigenvalue weighted by Crippen LogP contribution is -2.39. The maximum absolute atomic E-state index is 13.4. The number of hydrogen-bond donors (Lipinski definition) is 1. The van der Waals surface area contributed by atoms with E-state index in [9.17, 15) is 9.59 Å². The molecule has 0 unspecified atom stereocenters. The average Bonchev–Trinajstić information content (AvgIpc) is 3.58. The molecule has 0 radical (unpaired) electrons. The van der Waals surface area contributed by atoms with Crippen molar-refractivity contribution in [3.05, 3.63) is 90.0 Å². The lowest BCUT2D eigenvalue weighted by Gasteiger charge is -2.22. The molecule has 0 aliphatic carbocycles. The van der Waals surface area contributed by atoms with Crippen LogP contribution in [0, 0.1) is 6.92 Å². The predicted octanol–water partition coefficient (Wildman–Crippen LogP) is 5.46. The van der Waals surface area contributed by atoms with E-state index in [4.69, 9.17) is 14.6 Å². The van der Waals surface area contributed by atoms with Gasteiger partial charge in [-0.3, -0.25) is 9.59 Å². The fourth-order valence-corrected chi connectivity index (χ4v) is 4.27. The molecule has 0 saturated heterocycles. The molecule has 8 nitrogen and oxygen atoms in total. The Hall–Kier alpha value is -4.59. The maximum atomic E-state index is 13.4. The molecular formula is C30H30N4O4. The molecule has 0 bridgehead atoms. The highest BCUT2D eigenvalue weighted by Gasteiger charge is 2.23. The van der Waals surface area contributed by atoms with E-state index in [0.717, 1.165) is 35.3 Å². The van der Waals surface area contributed by atoms with Gasteiger partial charge >= 0.3 is 0 Å². The first-order valence-corrected chi connectivity index (χ1v) is 12.7. The summed E-state index contributed by atoms with van der Waals surface area (Å²) in [6, 6.07) is 24.7. The SMILES string of the molecule is CCCCN(CC(=O)Nc1cc(-c2ccccc2)nn1-c1ccc(C)cc1)C(=O)c1ccc2c(c1)OCO2. The molecule has 3 aromatic carbocycles. The van der Waals surface area contributed by atoms with E-state index >= 15 is 0 Å². The number of carbonyl (C=O) groups is 2. The van der Waals surface area contributed by atoms with Crippen molar-refractivity contribution in [3.8, 4) is 28.4 Å². The van der Waals surface area contributed by atoms with Crippen LogP contribution in [0.5, 0.6) is 11.5 Å². The van der Waals surface area contributed by atoms with Gasteiger partial charge in [0.05, 0.1) is 11.4 Å². The van der Waals surface area contributed by atoms with Crippen LogP contribution in [-0.2, 0) is 4.79 Å². The van der Waals surface area contributed by atoms with E-state index in [0.29, 0.717) is 29.4 Å². The number of rotatable bonds is 9. The summed E-state index contributed by atoms with van der Waals surface area (Å²) in [5, 5.41) is 7.77. The zero-order valence-electron chi connectivity index (χ0n) is 21.5. The summed E-state index contributed by atoms with van der Waals surface area (Å²) in [6.45, 7) is 4.58. The van der Waals surface area contributed by atoms with E-state index in [-0.39, 0.29) is 25.2 Å². The molecule has 1 aliphatic heterocycles. The quantitative estimate of drug-likeness (QED) is 0.323. The van der Waals surface area contributed by atoms with Crippen LogP contribution in [0.3, 0.4) is 0 Å². The average molecular weight is 511 g/mol. The van der Waals surface area contributed by atoms with E-state index in [1.807, 2.05) is 67.6 Å². The Bertz CT molecular complexity index is 1430. The van der Waals surface area contributed by atoms with Crippen LogP contribution in [0.2, 0.25) is 0 Å². The first-order valence-electron chi connectivity index (χ1n) is 12.7. The van der Waals surface area contributed by atoms with E-state index in [1.54, 1.807) is 27.8 Å². The third kappa shape index (κ3) is 5.54. The van der Waals surface area contributed by atoms with Crippen molar-refractivity contribution in [2.24, 2.45) is 0 Å². The third-order valence-corrected chi connectivity index (χ3v) is 6.35. The molecule has 2 amide bonds. The van der Waals surface area contributed by atoms with Gasteiger partial charge in [0.2, 0.25) is 12.7 Å². The number of aryl methyl sites for hydroxylation is 1. The molecular weight excluding hydrogens is 480 g/mol. The van der Waals surface area contributed by atoms with Gasteiger partial charge in [-0.1, -0.05) is 61.4 Å². The van der Waals surface area contributed by atoms with Gasteiger partial charge in [-0.2, -0.15) is 5.10 Å². The number of nitrogens with one attached hydrogen (secondary N) is 1. The third-order valence-electron chi connectivity index (χ3n) is 6.35. The van der Waals surface area contributed by atoms with Crippen LogP contribution in [0.1, 0.15) is 35.7 Å². The van der Waals surface area contributed by atoms with E-state index < -0.39 is 0 Å². The van der Waals surface area contributed by atoms with Crippen molar-refractivity contribution in [2.45, 2.75) is 26.7 Å². The number of ether oxygens (including phenoxy) is 2. The molecule has 38 heavy (non-hydrogen) atoms. The van der Waals surface area contributed by atoms with E-state index in [1.165, 1.54) is 0 Å². The van der Waals surface area contributed by atoms with Crippen LogP contribution in [0.4, 0.5) is 5.82 Å². The second-order valence-electron chi connectivity index (χ2n) is 9.22. The minimum Gasteiger partial charge on any atom is -0.454 e. The summed E-state index contributed by atoms with van der Waals surface area (Å²) < 4.78 is 12.5. The Kier molecular flexibility index (Phi) is 7.40. The largest absolute Gasteiger partial charge is 0.454 e. The maximum Gasteiger partial charge on any atom is 0.254 e. The molecule has 0 saturated carbocycles. The molecule has 1 N–H and O–H groups in total. The van der Waals surface area contributed by atoms with Crippen LogP contribution in [0.15, 0.2) is 78.9 Å². The Balaban J connectivity index is 1.39. The molecule has 0 fully saturated rings. The van der Waals surface area contributed by atoms with Gasteiger partial charge in [0.1, 0.15) is 12.4 Å². The summed E-state index contributed by atoms with van der Waals surface area (Å²) in [5.74, 6) is 1.14. The number of hydrogen-bond acceptors (Lipinski definition) is 5. The Morgan fingerprint density at radius 3 is 2.50 bits per heavy atom. The zero-order valence-corrected chi connectivity index (χ0v) is 21.5. The monoisotopic (exact) mass is 510 g/mol. The van der Waals surface area contributed by atoms with Gasteiger partial charge in [0.25, 0.3) is 5.91 Å². The second-order valence-corrected chi connectivity index (χ2v) is 9.22. The fraction of sp³-hybridized carbons (Fsp3) is 0.233. The summed E-state index contributed by atoms with van der Waals surface area (Å²) in [6.07, 6.45) is 1.68. The lowest BCUT2D eigenvalue weighted by molar-refractivity contribution is -0.117. The van der Waals surface area contributed by atoms with Crippen molar-refractivity contribution in [1.29, 1.82) is 0 Å². The van der Waals surface area contributed by atoms with Gasteiger partial charge in [-0.25, -0.2) is 4.68 Å². The van der Waals surface area contributed by atoms with Crippen LogP contribution < -0.4 is 14.8 Å². The van der Waals surface area contributed by atoms with Gasteiger partial charge in [-0.05, 0) is 43.7 Å². The summed E-state index contributed by atoms with van der Waals surface area (Å²) in [7, 11) is 0. The number of aromatic nitrogens is 2. The highest BCUT2D eigenvalue weighted by atomic mass is 16.7. The molecule has 1 aliphatic rings. The molecule has 5 rings (SSSR count). The molecule has 2 heterocycles. The Morgan fingerprint density at radius 1 is 0.974 bits per heavy atom. The number of fused-ring (bicyclic) bond motifs is 1. The fourth-order valence-electron chi connectivity index (χ4n) is 4.27. The standard InChI is InChI=1S/C30H30N4O4/c1-3-4-16-33(30(36)23-12-15-26-27(17-23)38-20-37-26)19-29(35)31-28-18-25(22-8-6-5-7-9-22)32-34(28)24-13-10-21(2)11-14-24/h5-15,17-18H,3-4,16,19-20H2,1-2H3,(H,31,35). The van der Waals surface area contributed by atoms with Crippen LogP contribution >= 0.6 is 0 Å². The van der Waals surface area contributed by atoms with Crippen LogP contribution in [0.25, 0.3) is 16.9 Å². The van der Waals surface area contributed by atoms with Crippen molar-refractivity contribution >= 4 is 17.6 Å². The molecule has 0 atom stereocenters. The smallest absolute Gasteiger partial charge is 0.254 e. The number of nitrogens with zero attached hydrogens (tertiary/aromatic N) is 3. The first-order chi connectivity index (χ1) is 18.5. The van der Waals surface area contributed by atoms with Crippen molar-refractivity contribution < 1.29 is 19.1 Å². The molecule has 4 aromatic rings. The van der Waals surface area contributed by atoms with Gasteiger partial charge in [-0.15, -0.1) is 0 Å². The summed E-state index contributed by atoms with van der Waals surface area (Å²) >= 11 is 0. The number of unbranched alkanes of at least 4 members (excludes halogenated alkanes) is 1. The highest BCUT2D eigenvalue weighted by molar-refractivity contribution is 5.99. The predicted molar refractivity (Wildman–Crippen MR) is 146 cm³/mol. The molecule has 1 aromatic heterocycles. The number of benzene rings is 3. The van der Waals surface area contributed by atoms with Gasteiger partial charge in [0, 0.05) is 23.7 Å². The molecule has 0 spiro atoms. The van der Waals surface area contributed by atoms with Gasteiger partial charge in [0.15, 0.2) is 11.5 Å². The number of anilines is 1. The van der Waals surface area contributed by atoms with Crippen molar-refractivity contribution in [1.82, 2.24) is 14.7 Å². The van der Waals surface area contributed by atoms with E-state index in [2.05, 4.69) is 12.2 Å². The number of amides is 2. The normalized spacial score (nSPS) is 11.8. The van der Waals surface area contributed by atoms with Crippen molar-refractivity contribution in [3.63, 3.8) is 0 Å². The number of carbonyl (C=O) groups excluding carboxylic acids is 2. The second kappa shape index (κ2) is 11.2. The van der Waals surface area contributed by atoms with Gasteiger partial charge < -0.3 is 19.7 Å². The topological polar surface area (TPSA) is 85.7 Å². The molecule has 194 valence electrons. The van der Waals surface area contributed by atoms with Crippen LogP contribution in [-0.4, -0.2) is 46.4 Å². The van der Waals surface area contributed by atoms with Crippen molar-refractivity contribution in [2.75, 3.05) is 25.2 Å². The lowest BCUT2D eigenvalue weighted by atomic mass is 10.1. The Labute approximate surface area is 221 Å². The molecule has 8 heteroatoms. The minimum absolute atomic E-state index is 0.0903. The highest BCUT2D eigenvalue weighted by Crippen LogP contribution is 2.33. The minimum atomic E-state index is -0.303. The zero-order chi connectivity index (χ0) is 26.5. The summed E-state index contributed by atoms with van der Waals surface area (Å²) in [5.41, 5.74) is 4.09. The summed E-state index contributed by atoms with van der Waals surface area (Å²) in [4.78, 5) is 28.3. The Morgan fingerprint density at radius 2 is 1.74 bits per heavy atom.